The van der Waals surface area contributed by atoms with Gasteiger partial charge in [0.1, 0.15) is 11.5 Å². The van der Waals surface area contributed by atoms with E-state index in [0.717, 1.165) is 35.1 Å². The van der Waals surface area contributed by atoms with E-state index in [1.165, 1.54) is 0 Å². The summed E-state index contributed by atoms with van der Waals surface area (Å²) in [4.78, 5) is 10.9. The molecule has 0 spiro atoms. The van der Waals surface area contributed by atoms with Crippen molar-refractivity contribution < 1.29 is 19.0 Å². The summed E-state index contributed by atoms with van der Waals surface area (Å²) in [7, 11) is 0. The number of hydrogen-bond donors (Lipinski definition) is 0. The molecular weight excluding hydrogens is 328 g/mol. The molecule has 138 valence electrons. The third-order valence-electron chi connectivity index (χ3n) is 3.92. The summed E-state index contributed by atoms with van der Waals surface area (Å²) in [5.74, 6) is 1.27. The van der Waals surface area contributed by atoms with Crippen molar-refractivity contribution in [3.63, 3.8) is 0 Å². The third kappa shape index (κ3) is 6.28. The first-order valence-corrected chi connectivity index (χ1v) is 8.91. The molecule has 0 radical (unpaired) electrons. The van der Waals surface area contributed by atoms with Crippen molar-refractivity contribution in [1.29, 1.82) is 0 Å². The average molecular weight is 354 g/mol. The van der Waals surface area contributed by atoms with Crippen LogP contribution in [0.4, 0.5) is 0 Å². The molecule has 0 amide bonds. The molecule has 0 saturated carbocycles. The molecule has 1 unspecified atom stereocenters. The van der Waals surface area contributed by atoms with Crippen LogP contribution in [-0.2, 0) is 9.53 Å². The zero-order valence-electron chi connectivity index (χ0n) is 15.4. The van der Waals surface area contributed by atoms with Gasteiger partial charge in [0.25, 0.3) is 0 Å². The third-order valence-corrected chi connectivity index (χ3v) is 3.92. The maximum absolute atomic E-state index is 10.9. The van der Waals surface area contributed by atoms with E-state index in [4.69, 9.17) is 14.2 Å². The fourth-order valence-corrected chi connectivity index (χ4v) is 2.27. The number of benzene rings is 2. The van der Waals surface area contributed by atoms with Gasteiger partial charge in [0.05, 0.1) is 19.3 Å². The lowest BCUT2D eigenvalue weighted by Gasteiger charge is -2.13. The van der Waals surface area contributed by atoms with Crippen LogP contribution < -0.4 is 9.47 Å². The number of carbonyl (C=O) groups excluding carboxylic acids is 1. The highest BCUT2D eigenvalue weighted by Gasteiger charge is 2.03. The molecular formula is C22H26O4. The highest BCUT2D eigenvalue weighted by Crippen LogP contribution is 2.25. The predicted molar refractivity (Wildman–Crippen MR) is 104 cm³/mol. The molecule has 2 aromatic carbocycles. The van der Waals surface area contributed by atoms with Crippen LogP contribution in [0.1, 0.15) is 26.7 Å². The monoisotopic (exact) mass is 354 g/mol. The molecule has 2 aromatic rings. The average Bonchev–Trinajstić information content (AvgIpc) is 2.68. The molecule has 0 aromatic heterocycles. The smallest absolute Gasteiger partial charge is 0.330 e. The van der Waals surface area contributed by atoms with E-state index in [9.17, 15) is 4.79 Å². The molecule has 4 nitrogen and oxygen atoms in total. The standard InChI is InChI=1S/C22H26O4/c1-4-17(3)26-21-13-9-19(10-14-21)18-7-11-20(12-8-18)24-15-6-16-25-22(23)5-2/h5,7-14,17H,2,4,6,15-16H2,1,3H3. The van der Waals surface area contributed by atoms with E-state index >= 15 is 0 Å². The Morgan fingerprint density at radius 3 is 2.12 bits per heavy atom. The summed E-state index contributed by atoms with van der Waals surface area (Å²) in [5.41, 5.74) is 2.25. The molecule has 0 saturated heterocycles. The topological polar surface area (TPSA) is 44.8 Å². The first kappa shape index (κ1) is 19.6. The lowest BCUT2D eigenvalue weighted by Crippen LogP contribution is -2.09. The van der Waals surface area contributed by atoms with Gasteiger partial charge in [-0.3, -0.25) is 0 Å². The van der Waals surface area contributed by atoms with Gasteiger partial charge in [-0.15, -0.1) is 0 Å². The Balaban J connectivity index is 1.83. The zero-order valence-corrected chi connectivity index (χ0v) is 15.4. The molecule has 1 atom stereocenters. The van der Waals surface area contributed by atoms with Crippen LogP contribution >= 0.6 is 0 Å². The maximum atomic E-state index is 10.9. The second-order valence-corrected chi connectivity index (χ2v) is 5.96. The first-order valence-electron chi connectivity index (χ1n) is 8.91. The van der Waals surface area contributed by atoms with Gasteiger partial charge in [0, 0.05) is 12.5 Å². The molecule has 2 rings (SSSR count). The van der Waals surface area contributed by atoms with E-state index in [2.05, 4.69) is 32.6 Å². The largest absolute Gasteiger partial charge is 0.493 e. The summed E-state index contributed by atoms with van der Waals surface area (Å²) in [6, 6.07) is 16.0. The van der Waals surface area contributed by atoms with Gasteiger partial charge in [-0.25, -0.2) is 4.79 Å². The number of carbonyl (C=O) groups is 1. The Morgan fingerprint density at radius 2 is 1.58 bits per heavy atom. The van der Waals surface area contributed by atoms with Crippen molar-refractivity contribution in [2.45, 2.75) is 32.8 Å². The maximum Gasteiger partial charge on any atom is 0.330 e. The normalized spacial score (nSPS) is 11.5. The van der Waals surface area contributed by atoms with Crippen LogP contribution in [-0.4, -0.2) is 25.3 Å². The Kier molecular flexibility index (Phi) is 7.75. The number of ether oxygens (including phenoxy) is 3. The van der Waals surface area contributed by atoms with Crippen LogP contribution in [0.2, 0.25) is 0 Å². The second-order valence-electron chi connectivity index (χ2n) is 5.96. The van der Waals surface area contributed by atoms with E-state index in [0.29, 0.717) is 19.6 Å². The highest BCUT2D eigenvalue weighted by molar-refractivity contribution is 5.81. The zero-order chi connectivity index (χ0) is 18.8. The minimum atomic E-state index is -0.407. The van der Waals surface area contributed by atoms with Crippen LogP contribution in [0.5, 0.6) is 11.5 Å². The summed E-state index contributed by atoms with van der Waals surface area (Å²) in [6.45, 7) is 8.34. The minimum absolute atomic E-state index is 0.220. The number of rotatable bonds is 10. The first-order chi connectivity index (χ1) is 12.6. The van der Waals surface area contributed by atoms with Gasteiger partial charge in [-0.05, 0) is 48.7 Å². The SMILES string of the molecule is C=CC(=O)OCCCOc1ccc(-c2ccc(OC(C)CC)cc2)cc1. The van der Waals surface area contributed by atoms with Crippen LogP contribution in [0.3, 0.4) is 0 Å². The molecule has 0 bridgehead atoms. The lowest BCUT2D eigenvalue weighted by atomic mass is 10.1. The van der Waals surface area contributed by atoms with E-state index < -0.39 is 5.97 Å². The van der Waals surface area contributed by atoms with Crippen LogP contribution in [0.15, 0.2) is 61.2 Å². The van der Waals surface area contributed by atoms with Crippen molar-refractivity contribution in [2.75, 3.05) is 13.2 Å². The summed E-state index contributed by atoms with van der Waals surface area (Å²) in [6.07, 6.45) is 3.00. The molecule has 4 heteroatoms. The molecule has 0 aliphatic heterocycles. The molecule has 0 heterocycles. The molecule has 0 aliphatic rings. The van der Waals surface area contributed by atoms with Gasteiger partial charge >= 0.3 is 5.97 Å². The molecule has 0 N–H and O–H groups in total. The van der Waals surface area contributed by atoms with Crippen molar-refractivity contribution in [1.82, 2.24) is 0 Å². The fraction of sp³-hybridized carbons (Fsp3) is 0.318. The lowest BCUT2D eigenvalue weighted by molar-refractivity contribution is -0.137. The van der Waals surface area contributed by atoms with E-state index in [1.807, 2.05) is 36.4 Å². The van der Waals surface area contributed by atoms with Crippen molar-refractivity contribution >= 4 is 5.97 Å². The van der Waals surface area contributed by atoms with E-state index in [1.54, 1.807) is 0 Å². The summed E-state index contributed by atoms with van der Waals surface area (Å²) in [5, 5.41) is 0. The fourth-order valence-electron chi connectivity index (χ4n) is 2.27. The Labute approximate surface area is 155 Å². The second kappa shape index (κ2) is 10.3. The molecule has 26 heavy (non-hydrogen) atoms. The van der Waals surface area contributed by atoms with Crippen molar-refractivity contribution in [3.8, 4) is 22.6 Å². The summed E-state index contributed by atoms with van der Waals surface area (Å²) < 4.78 is 16.4. The Morgan fingerprint density at radius 1 is 1.00 bits per heavy atom. The predicted octanol–water partition coefficient (Wildman–Crippen LogP) is 5.03. The van der Waals surface area contributed by atoms with Gasteiger partial charge in [-0.2, -0.15) is 0 Å². The highest BCUT2D eigenvalue weighted by atomic mass is 16.5. The Bertz CT molecular complexity index is 689. The van der Waals surface area contributed by atoms with Crippen molar-refractivity contribution in [3.05, 3.63) is 61.2 Å². The van der Waals surface area contributed by atoms with Crippen LogP contribution in [0.25, 0.3) is 11.1 Å². The van der Waals surface area contributed by atoms with Gasteiger partial charge in [0.2, 0.25) is 0 Å². The number of esters is 1. The summed E-state index contributed by atoms with van der Waals surface area (Å²) >= 11 is 0. The molecule has 0 aliphatic carbocycles. The van der Waals surface area contributed by atoms with Gasteiger partial charge < -0.3 is 14.2 Å². The van der Waals surface area contributed by atoms with Gasteiger partial charge in [-0.1, -0.05) is 37.8 Å². The van der Waals surface area contributed by atoms with E-state index in [-0.39, 0.29) is 6.10 Å². The number of hydrogen-bond acceptors (Lipinski definition) is 4. The molecule has 0 fully saturated rings. The minimum Gasteiger partial charge on any atom is -0.493 e. The van der Waals surface area contributed by atoms with Gasteiger partial charge in [0.15, 0.2) is 0 Å². The quantitative estimate of drug-likeness (QED) is 0.341. The van der Waals surface area contributed by atoms with Crippen LogP contribution in [0, 0.1) is 0 Å². The Hall–Kier alpha value is -2.75. The van der Waals surface area contributed by atoms with Crippen molar-refractivity contribution in [2.24, 2.45) is 0 Å².